The van der Waals surface area contributed by atoms with E-state index in [9.17, 15) is 0 Å². The Bertz CT molecular complexity index is 343. The van der Waals surface area contributed by atoms with E-state index >= 15 is 0 Å². The normalized spacial score (nSPS) is 36.4. The third-order valence-corrected chi connectivity index (χ3v) is 6.73. The number of hydrogen-bond donors (Lipinski definition) is 1. The fraction of sp³-hybridized carbons (Fsp3) is 1.00. The minimum absolute atomic E-state index is 0.782. The van der Waals surface area contributed by atoms with E-state index in [1.807, 2.05) is 0 Å². The molecule has 4 rings (SSSR count). The molecule has 2 heteroatoms. The number of piperidine rings is 1. The largest absolute Gasteiger partial charge is 0.312 e. The van der Waals surface area contributed by atoms with Gasteiger partial charge in [0.2, 0.25) is 0 Å². The second kappa shape index (κ2) is 6.20. The van der Waals surface area contributed by atoms with Gasteiger partial charge in [-0.25, -0.2) is 0 Å². The first-order valence-electron chi connectivity index (χ1n) is 9.75. The van der Waals surface area contributed by atoms with Crippen LogP contribution < -0.4 is 5.32 Å². The van der Waals surface area contributed by atoms with E-state index in [2.05, 4.69) is 17.1 Å². The molecule has 21 heavy (non-hydrogen) atoms. The summed E-state index contributed by atoms with van der Waals surface area (Å²) < 4.78 is 0. The van der Waals surface area contributed by atoms with Crippen LogP contribution in [0.15, 0.2) is 0 Å². The fourth-order valence-corrected chi connectivity index (χ4v) is 4.62. The predicted molar refractivity (Wildman–Crippen MR) is 88.3 cm³/mol. The van der Waals surface area contributed by atoms with E-state index in [4.69, 9.17) is 0 Å². The molecular weight excluding hydrogens is 256 g/mol. The van der Waals surface area contributed by atoms with Gasteiger partial charge in [-0.3, -0.25) is 4.90 Å². The highest BCUT2D eigenvalue weighted by atomic mass is 15.2. The minimum atomic E-state index is 0.782. The first kappa shape index (κ1) is 14.5. The third kappa shape index (κ3) is 3.82. The van der Waals surface area contributed by atoms with Gasteiger partial charge < -0.3 is 5.32 Å². The van der Waals surface area contributed by atoms with Crippen molar-refractivity contribution in [1.82, 2.24) is 10.2 Å². The lowest BCUT2D eigenvalue weighted by atomic mass is 9.84. The summed E-state index contributed by atoms with van der Waals surface area (Å²) in [4.78, 5) is 2.85. The van der Waals surface area contributed by atoms with Crippen LogP contribution >= 0.6 is 0 Å². The van der Waals surface area contributed by atoms with Gasteiger partial charge in [0.1, 0.15) is 0 Å². The maximum Gasteiger partial charge on any atom is 0.0198 e. The van der Waals surface area contributed by atoms with E-state index in [1.165, 1.54) is 77.4 Å². The molecule has 0 aromatic rings. The number of nitrogens with one attached hydrogen (secondary N) is 1. The Balaban J connectivity index is 1.32. The van der Waals surface area contributed by atoms with Crippen LogP contribution in [0.25, 0.3) is 0 Å². The second-order valence-corrected chi connectivity index (χ2v) is 8.71. The van der Waals surface area contributed by atoms with Crippen molar-refractivity contribution in [2.75, 3.05) is 19.6 Å². The van der Waals surface area contributed by atoms with Gasteiger partial charge in [-0.2, -0.15) is 0 Å². The molecule has 3 unspecified atom stereocenters. The average molecular weight is 290 g/mol. The highest BCUT2D eigenvalue weighted by molar-refractivity contribution is 4.93. The first-order chi connectivity index (χ1) is 10.3. The third-order valence-electron chi connectivity index (χ3n) is 6.73. The Kier molecular flexibility index (Phi) is 4.28. The molecule has 1 N–H and O–H groups in total. The zero-order valence-electron chi connectivity index (χ0n) is 13.9. The van der Waals surface area contributed by atoms with Crippen molar-refractivity contribution in [2.24, 2.45) is 23.7 Å². The molecule has 120 valence electrons. The van der Waals surface area contributed by atoms with E-state index in [1.54, 1.807) is 0 Å². The Morgan fingerprint density at radius 1 is 0.952 bits per heavy atom. The van der Waals surface area contributed by atoms with Crippen LogP contribution in [0, 0.1) is 23.7 Å². The van der Waals surface area contributed by atoms with Crippen molar-refractivity contribution in [2.45, 2.75) is 76.8 Å². The summed E-state index contributed by atoms with van der Waals surface area (Å²) in [6.07, 6.45) is 13.4. The van der Waals surface area contributed by atoms with Crippen LogP contribution in [0.5, 0.6) is 0 Å². The number of rotatable bonds is 7. The molecule has 0 radical (unpaired) electrons. The van der Waals surface area contributed by atoms with Crippen molar-refractivity contribution in [3.63, 3.8) is 0 Å². The predicted octanol–water partition coefficient (Wildman–Crippen LogP) is 3.67. The quantitative estimate of drug-likeness (QED) is 0.769. The molecule has 1 heterocycles. The van der Waals surface area contributed by atoms with Crippen LogP contribution in [-0.4, -0.2) is 36.6 Å². The number of nitrogens with zero attached hydrogens (tertiary/aromatic N) is 1. The molecule has 0 aromatic carbocycles. The number of likely N-dealkylation sites (tertiary alicyclic amines) is 1. The standard InChI is InChI=1S/C19H34N2/c1-14(18-7-8-18)21-12-17(9-15-5-6-15)10-19(13-21)20-11-16-3-2-4-16/h14-20H,2-13H2,1H3. The van der Waals surface area contributed by atoms with E-state index in [-0.39, 0.29) is 0 Å². The van der Waals surface area contributed by atoms with Gasteiger partial charge in [0.05, 0.1) is 0 Å². The molecule has 3 aliphatic carbocycles. The zero-order chi connectivity index (χ0) is 14.2. The summed E-state index contributed by atoms with van der Waals surface area (Å²) in [5.41, 5.74) is 0. The molecule has 2 nitrogen and oxygen atoms in total. The lowest BCUT2D eigenvalue weighted by molar-refractivity contribution is 0.0853. The fourth-order valence-electron chi connectivity index (χ4n) is 4.62. The summed E-state index contributed by atoms with van der Waals surface area (Å²) in [5.74, 6) is 4.10. The monoisotopic (exact) mass is 290 g/mol. The SMILES string of the molecule is CC(C1CC1)N1CC(CC2CC2)CC(NCC2CCC2)C1. The molecule has 1 aliphatic heterocycles. The van der Waals surface area contributed by atoms with Crippen LogP contribution in [0.4, 0.5) is 0 Å². The molecule has 1 saturated heterocycles. The molecule has 0 amide bonds. The molecule has 4 aliphatic rings. The van der Waals surface area contributed by atoms with Crippen molar-refractivity contribution in [3.05, 3.63) is 0 Å². The lowest BCUT2D eigenvalue weighted by Gasteiger charge is -2.42. The molecular formula is C19H34N2. The van der Waals surface area contributed by atoms with Crippen molar-refractivity contribution in [3.8, 4) is 0 Å². The highest BCUT2D eigenvalue weighted by Gasteiger charge is 2.38. The van der Waals surface area contributed by atoms with Crippen LogP contribution in [-0.2, 0) is 0 Å². The van der Waals surface area contributed by atoms with Gasteiger partial charge in [0.25, 0.3) is 0 Å². The van der Waals surface area contributed by atoms with Gasteiger partial charge in [0.15, 0.2) is 0 Å². The van der Waals surface area contributed by atoms with Crippen LogP contribution in [0.3, 0.4) is 0 Å². The van der Waals surface area contributed by atoms with Gasteiger partial charge >= 0.3 is 0 Å². The molecule has 4 fully saturated rings. The van der Waals surface area contributed by atoms with Crippen molar-refractivity contribution >= 4 is 0 Å². The molecule has 0 bridgehead atoms. The summed E-state index contributed by atoms with van der Waals surface area (Å²) in [6, 6.07) is 1.63. The number of hydrogen-bond acceptors (Lipinski definition) is 2. The minimum Gasteiger partial charge on any atom is -0.312 e. The second-order valence-electron chi connectivity index (χ2n) is 8.71. The Labute approximate surface area is 131 Å². The summed E-state index contributed by atoms with van der Waals surface area (Å²) >= 11 is 0. The summed E-state index contributed by atoms with van der Waals surface area (Å²) in [5, 5.41) is 3.95. The van der Waals surface area contributed by atoms with Crippen molar-refractivity contribution in [1.29, 1.82) is 0 Å². The van der Waals surface area contributed by atoms with E-state index in [0.29, 0.717) is 0 Å². The Morgan fingerprint density at radius 3 is 2.38 bits per heavy atom. The van der Waals surface area contributed by atoms with Crippen LogP contribution in [0.1, 0.15) is 64.7 Å². The molecule has 0 spiro atoms. The molecule has 3 saturated carbocycles. The van der Waals surface area contributed by atoms with Gasteiger partial charge in [-0.05, 0) is 75.7 Å². The average Bonchev–Trinajstić information content (AvgIpc) is 3.29. The zero-order valence-corrected chi connectivity index (χ0v) is 13.9. The maximum atomic E-state index is 3.95. The Hall–Kier alpha value is -0.0800. The van der Waals surface area contributed by atoms with Crippen LogP contribution in [0.2, 0.25) is 0 Å². The van der Waals surface area contributed by atoms with Crippen molar-refractivity contribution < 1.29 is 0 Å². The van der Waals surface area contributed by atoms with Gasteiger partial charge in [-0.15, -0.1) is 0 Å². The Morgan fingerprint density at radius 2 is 1.76 bits per heavy atom. The first-order valence-corrected chi connectivity index (χ1v) is 9.75. The lowest BCUT2D eigenvalue weighted by Crippen LogP contribution is -2.53. The smallest absolute Gasteiger partial charge is 0.0198 e. The topological polar surface area (TPSA) is 15.3 Å². The maximum absolute atomic E-state index is 3.95. The highest BCUT2D eigenvalue weighted by Crippen LogP contribution is 2.40. The van der Waals surface area contributed by atoms with E-state index < -0.39 is 0 Å². The van der Waals surface area contributed by atoms with E-state index in [0.717, 1.165) is 35.8 Å². The summed E-state index contributed by atoms with van der Waals surface area (Å²) in [7, 11) is 0. The summed E-state index contributed by atoms with van der Waals surface area (Å²) in [6.45, 7) is 6.52. The molecule has 3 atom stereocenters. The van der Waals surface area contributed by atoms with Gasteiger partial charge in [-0.1, -0.05) is 19.3 Å². The molecule has 0 aromatic heterocycles. The van der Waals surface area contributed by atoms with Gasteiger partial charge in [0, 0.05) is 25.2 Å².